The fourth-order valence-corrected chi connectivity index (χ4v) is 2.16. The third-order valence-corrected chi connectivity index (χ3v) is 3.38. The molecule has 0 spiro atoms. The first-order valence-corrected chi connectivity index (χ1v) is 8.10. The van der Waals surface area contributed by atoms with Gasteiger partial charge in [0.2, 0.25) is 0 Å². The quantitative estimate of drug-likeness (QED) is 0.239. The second kappa shape index (κ2) is 16.5. The van der Waals surface area contributed by atoms with Crippen LogP contribution in [-0.2, 0) is 0 Å². The van der Waals surface area contributed by atoms with Crippen molar-refractivity contribution in [1.82, 2.24) is 0 Å². The Morgan fingerprint density at radius 1 is 0.611 bits per heavy atom. The summed E-state index contributed by atoms with van der Waals surface area (Å²) in [5, 5.41) is 0. The van der Waals surface area contributed by atoms with E-state index < -0.39 is 0 Å². The van der Waals surface area contributed by atoms with E-state index in [2.05, 4.69) is 19.1 Å². The molecule has 1 radical (unpaired) electrons. The molecule has 0 aromatic carbocycles. The van der Waals surface area contributed by atoms with Gasteiger partial charge in [0.15, 0.2) is 0 Å². The van der Waals surface area contributed by atoms with Crippen LogP contribution in [0, 0.1) is 6.58 Å². The van der Waals surface area contributed by atoms with E-state index in [0.717, 1.165) is 6.42 Å². The highest BCUT2D eigenvalue weighted by molar-refractivity contribution is 4.81. The Kier molecular flexibility index (Phi) is 16.0. The highest BCUT2D eigenvalue weighted by Crippen LogP contribution is 2.09. The van der Waals surface area contributed by atoms with Gasteiger partial charge in [-0.3, -0.25) is 0 Å². The molecular formula is C18H33. The van der Waals surface area contributed by atoms with E-state index in [0.29, 0.717) is 0 Å². The van der Waals surface area contributed by atoms with Gasteiger partial charge in [-0.15, -0.1) is 0 Å². The summed E-state index contributed by atoms with van der Waals surface area (Å²) in [5.41, 5.74) is 0. The van der Waals surface area contributed by atoms with Crippen LogP contribution in [0.4, 0.5) is 0 Å². The van der Waals surface area contributed by atoms with Crippen molar-refractivity contribution in [3.8, 4) is 0 Å². The van der Waals surface area contributed by atoms with Gasteiger partial charge in [-0.05, 0) is 38.5 Å². The normalized spacial score (nSPS) is 11.2. The Balaban J connectivity index is 3.02. The van der Waals surface area contributed by atoms with Gasteiger partial charge in [0.1, 0.15) is 0 Å². The van der Waals surface area contributed by atoms with Crippen LogP contribution in [-0.4, -0.2) is 0 Å². The summed E-state index contributed by atoms with van der Waals surface area (Å²) >= 11 is 0. The fourth-order valence-electron chi connectivity index (χ4n) is 2.16. The van der Waals surface area contributed by atoms with Crippen LogP contribution < -0.4 is 0 Å². The van der Waals surface area contributed by atoms with Crippen LogP contribution in [0.3, 0.4) is 0 Å². The minimum Gasteiger partial charge on any atom is -0.0885 e. The number of allylic oxidation sites excluding steroid dienone is 3. The van der Waals surface area contributed by atoms with Crippen LogP contribution in [0.25, 0.3) is 0 Å². The third kappa shape index (κ3) is 15.5. The molecular weight excluding hydrogens is 216 g/mol. The van der Waals surface area contributed by atoms with Gasteiger partial charge in [0.25, 0.3) is 0 Å². The monoisotopic (exact) mass is 249 g/mol. The van der Waals surface area contributed by atoms with E-state index in [1.807, 2.05) is 0 Å². The maximum absolute atomic E-state index is 5.34. The molecule has 0 aliphatic heterocycles. The van der Waals surface area contributed by atoms with Crippen molar-refractivity contribution in [3.05, 3.63) is 24.8 Å². The first kappa shape index (κ1) is 17.5. The average Bonchev–Trinajstić information content (AvgIpc) is 2.39. The summed E-state index contributed by atoms with van der Waals surface area (Å²) in [5.74, 6) is 0. The van der Waals surface area contributed by atoms with Crippen molar-refractivity contribution < 1.29 is 0 Å². The number of rotatable bonds is 14. The molecule has 18 heavy (non-hydrogen) atoms. The summed E-state index contributed by atoms with van der Waals surface area (Å²) in [4.78, 5) is 0. The summed E-state index contributed by atoms with van der Waals surface area (Å²) in [6.07, 6.45) is 23.9. The lowest BCUT2D eigenvalue weighted by atomic mass is 10.1. The highest BCUT2D eigenvalue weighted by Gasteiger charge is 1.89. The molecule has 0 aromatic heterocycles. The van der Waals surface area contributed by atoms with Crippen molar-refractivity contribution in [2.75, 3.05) is 0 Å². The molecule has 0 heterocycles. The van der Waals surface area contributed by atoms with Gasteiger partial charge in [-0.2, -0.15) is 0 Å². The summed E-state index contributed by atoms with van der Waals surface area (Å²) in [7, 11) is 0. The third-order valence-electron chi connectivity index (χ3n) is 3.38. The van der Waals surface area contributed by atoms with Crippen LogP contribution in [0.2, 0.25) is 0 Å². The van der Waals surface area contributed by atoms with Crippen molar-refractivity contribution >= 4 is 0 Å². The Morgan fingerprint density at radius 2 is 1.06 bits per heavy atom. The molecule has 0 heteroatoms. The molecule has 0 amide bonds. The summed E-state index contributed by atoms with van der Waals surface area (Å²) in [6.45, 7) is 7.61. The van der Waals surface area contributed by atoms with Gasteiger partial charge in [-0.25, -0.2) is 0 Å². The second-order valence-corrected chi connectivity index (χ2v) is 5.26. The molecule has 0 unspecified atom stereocenters. The molecule has 0 saturated carbocycles. The van der Waals surface area contributed by atoms with Crippen LogP contribution >= 0.6 is 0 Å². The molecule has 105 valence electrons. The molecule has 0 atom stereocenters. The van der Waals surface area contributed by atoms with E-state index in [9.17, 15) is 0 Å². The summed E-state index contributed by atoms with van der Waals surface area (Å²) < 4.78 is 0. The van der Waals surface area contributed by atoms with Gasteiger partial charge < -0.3 is 0 Å². The van der Waals surface area contributed by atoms with Gasteiger partial charge in [0, 0.05) is 0 Å². The predicted molar refractivity (Wildman–Crippen MR) is 83.7 cm³/mol. The van der Waals surface area contributed by atoms with Crippen LogP contribution in [0.1, 0.15) is 90.4 Å². The van der Waals surface area contributed by atoms with E-state index >= 15 is 0 Å². The van der Waals surface area contributed by atoms with Crippen LogP contribution in [0.15, 0.2) is 18.2 Å². The van der Waals surface area contributed by atoms with Gasteiger partial charge in [-0.1, -0.05) is 76.7 Å². The lowest BCUT2D eigenvalue weighted by Crippen LogP contribution is -1.78. The zero-order valence-electron chi connectivity index (χ0n) is 12.5. The smallest absolute Gasteiger partial charge is 0.0348 e. The molecule has 0 aliphatic rings. The zero-order valence-corrected chi connectivity index (χ0v) is 12.5. The molecule has 0 N–H and O–H groups in total. The minimum atomic E-state index is 1.08. The molecule has 0 nitrogen and oxygen atoms in total. The Bertz CT molecular complexity index is 178. The largest absolute Gasteiger partial charge is 0.0885 e. The van der Waals surface area contributed by atoms with Crippen LogP contribution in [0.5, 0.6) is 0 Å². The molecule has 0 rings (SSSR count). The zero-order chi connectivity index (χ0) is 13.3. The Hall–Kier alpha value is -0.520. The summed E-state index contributed by atoms with van der Waals surface area (Å²) in [6, 6.07) is 0. The van der Waals surface area contributed by atoms with Crippen molar-refractivity contribution in [1.29, 1.82) is 0 Å². The molecule has 0 fully saturated rings. The van der Waals surface area contributed by atoms with E-state index in [-0.39, 0.29) is 0 Å². The maximum atomic E-state index is 5.34. The van der Waals surface area contributed by atoms with Crippen molar-refractivity contribution in [3.63, 3.8) is 0 Å². The standard InChI is InChI=1S/C18H33/c1-3-5-7-9-11-13-15-17-18-16-14-12-10-8-6-4-2/h1,3,17-18H,4-16H2,2H3. The topological polar surface area (TPSA) is 0 Å². The Labute approximate surface area is 116 Å². The van der Waals surface area contributed by atoms with E-state index in [1.54, 1.807) is 6.08 Å². The number of hydrogen-bond acceptors (Lipinski definition) is 0. The fraction of sp³-hybridized carbons (Fsp3) is 0.778. The highest BCUT2D eigenvalue weighted by atomic mass is 14.0. The molecule has 0 saturated heterocycles. The van der Waals surface area contributed by atoms with Crippen molar-refractivity contribution in [2.24, 2.45) is 0 Å². The number of unbranched alkanes of at least 4 members (excludes halogenated alkanes) is 11. The SMILES string of the molecule is [CH]=CCCCCCCC=CCCCCCCCC. The van der Waals surface area contributed by atoms with Gasteiger partial charge >= 0.3 is 0 Å². The van der Waals surface area contributed by atoms with Crippen molar-refractivity contribution in [2.45, 2.75) is 90.4 Å². The first-order chi connectivity index (χ1) is 8.91. The maximum Gasteiger partial charge on any atom is -0.0348 e. The average molecular weight is 249 g/mol. The lowest BCUT2D eigenvalue weighted by Gasteiger charge is -1.98. The minimum absolute atomic E-state index is 1.08. The molecule has 0 aliphatic carbocycles. The second-order valence-electron chi connectivity index (χ2n) is 5.26. The molecule has 0 aromatic rings. The molecule has 0 bridgehead atoms. The first-order valence-electron chi connectivity index (χ1n) is 8.10. The predicted octanol–water partition coefficient (Wildman–Crippen LogP) is 6.62. The van der Waals surface area contributed by atoms with E-state index in [1.165, 1.54) is 77.0 Å². The lowest BCUT2D eigenvalue weighted by molar-refractivity contribution is 0.610. The Morgan fingerprint density at radius 3 is 1.56 bits per heavy atom. The van der Waals surface area contributed by atoms with E-state index in [4.69, 9.17) is 6.58 Å². The number of hydrogen-bond donors (Lipinski definition) is 0. The van der Waals surface area contributed by atoms with Gasteiger partial charge in [0.05, 0.1) is 0 Å².